The van der Waals surface area contributed by atoms with Gasteiger partial charge in [-0.2, -0.15) is 0 Å². The van der Waals surface area contributed by atoms with Crippen LogP contribution in [0.25, 0.3) is 0 Å². The topological polar surface area (TPSA) is 32.8 Å². The van der Waals surface area contributed by atoms with E-state index in [-0.39, 0.29) is 18.3 Å². The number of benzene rings is 1. The van der Waals surface area contributed by atoms with Gasteiger partial charge in [-0.15, -0.1) is 0 Å². The molecule has 1 heterocycles. The second-order valence-corrected chi connectivity index (χ2v) is 3.77. The Hall–Kier alpha value is -0.860. The third-order valence-corrected chi connectivity index (χ3v) is 2.61. The van der Waals surface area contributed by atoms with Crippen molar-refractivity contribution in [3.05, 3.63) is 35.9 Å². The van der Waals surface area contributed by atoms with Crippen LogP contribution in [0.4, 0.5) is 0 Å². The van der Waals surface area contributed by atoms with E-state index in [1.54, 1.807) is 0 Å². The fourth-order valence-corrected chi connectivity index (χ4v) is 1.52. The van der Waals surface area contributed by atoms with E-state index in [0.717, 1.165) is 6.42 Å². The molecule has 0 unspecified atom stereocenters. The number of hydrogen-bond donors (Lipinski definition) is 1. The fraction of sp³-hybridized carbons (Fsp3) is 0.455. The van der Waals surface area contributed by atoms with Gasteiger partial charge in [-0.25, -0.2) is 0 Å². The summed E-state index contributed by atoms with van der Waals surface area (Å²) in [4.78, 5) is 0. The highest BCUT2D eigenvalue weighted by Crippen LogP contribution is 2.37. The molecular formula is C11H14O2. The lowest BCUT2D eigenvalue weighted by Gasteiger charge is -2.00. The molecule has 1 N–H and O–H groups in total. The summed E-state index contributed by atoms with van der Waals surface area (Å²) in [6.45, 7) is 2.06. The first-order valence-electron chi connectivity index (χ1n) is 4.57. The predicted molar refractivity (Wildman–Crippen MR) is 50.5 cm³/mol. The number of ether oxygens (including phenoxy) is 1. The van der Waals surface area contributed by atoms with E-state index in [2.05, 4.69) is 12.1 Å². The molecule has 13 heavy (non-hydrogen) atoms. The predicted octanol–water partition coefficient (Wildman–Crippen LogP) is 1.38. The van der Waals surface area contributed by atoms with Gasteiger partial charge in [-0.05, 0) is 12.5 Å². The van der Waals surface area contributed by atoms with Crippen LogP contribution in [0.15, 0.2) is 30.3 Å². The van der Waals surface area contributed by atoms with Crippen molar-refractivity contribution in [1.29, 1.82) is 0 Å². The van der Waals surface area contributed by atoms with Crippen molar-refractivity contribution in [3.8, 4) is 0 Å². The van der Waals surface area contributed by atoms with Crippen molar-refractivity contribution in [3.63, 3.8) is 0 Å². The first-order valence-corrected chi connectivity index (χ1v) is 4.57. The standard InChI is InChI=1S/C11H14O2/c1-11(8-12)10(13-11)7-9-5-3-2-4-6-9/h2-6,10,12H,7-8H2,1H3/t10-,11+/m0/s1. The van der Waals surface area contributed by atoms with Crippen LogP contribution in [-0.2, 0) is 11.2 Å². The normalized spacial score (nSPS) is 31.7. The van der Waals surface area contributed by atoms with Crippen molar-refractivity contribution >= 4 is 0 Å². The number of aliphatic hydroxyl groups excluding tert-OH is 1. The quantitative estimate of drug-likeness (QED) is 0.709. The Kier molecular flexibility index (Phi) is 2.10. The Labute approximate surface area is 78.2 Å². The van der Waals surface area contributed by atoms with Crippen molar-refractivity contribution in [1.82, 2.24) is 0 Å². The highest BCUT2D eigenvalue weighted by atomic mass is 16.6. The van der Waals surface area contributed by atoms with Crippen molar-refractivity contribution in [2.45, 2.75) is 25.0 Å². The molecular weight excluding hydrogens is 164 g/mol. The molecule has 0 spiro atoms. The molecule has 0 radical (unpaired) electrons. The zero-order valence-corrected chi connectivity index (χ0v) is 7.73. The Bertz CT molecular complexity index is 283. The summed E-state index contributed by atoms with van der Waals surface area (Å²) in [5, 5.41) is 8.99. The number of aliphatic hydroxyl groups is 1. The van der Waals surface area contributed by atoms with Crippen LogP contribution >= 0.6 is 0 Å². The zero-order valence-electron chi connectivity index (χ0n) is 7.73. The van der Waals surface area contributed by atoms with Gasteiger partial charge in [-0.1, -0.05) is 30.3 Å². The number of epoxide rings is 1. The molecule has 2 heteroatoms. The third-order valence-electron chi connectivity index (χ3n) is 2.61. The van der Waals surface area contributed by atoms with Gasteiger partial charge in [0.1, 0.15) is 5.60 Å². The summed E-state index contributed by atoms with van der Waals surface area (Å²) >= 11 is 0. The van der Waals surface area contributed by atoms with Crippen LogP contribution < -0.4 is 0 Å². The molecule has 2 atom stereocenters. The molecule has 1 saturated heterocycles. The van der Waals surface area contributed by atoms with E-state index in [4.69, 9.17) is 9.84 Å². The Balaban J connectivity index is 1.95. The average molecular weight is 178 g/mol. The average Bonchev–Trinajstić information content (AvgIpc) is 2.80. The van der Waals surface area contributed by atoms with Crippen molar-refractivity contribution in [2.24, 2.45) is 0 Å². The summed E-state index contributed by atoms with van der Waals surface area (Å²) in [6, 6.07) is 10.2. The summed E-state index contributed by atoms with van der Waals surface area (Å²) < 4.78 is 5.41. The minimum absolute atomic E-state index is 0.116. The van der Waals surface area contributed by atoms with E-state index < -0.39 is 0 Å². The molecule has 0 aromatic heterocycles. The van der Waals surface area contributed by atoms with Crippen LogP contribution in [-0.4, -0.2) is 23.4 Å². The molecule has 1 aromatic carbocycles. The molecule has 0 saturated carbocycles. The van der Waals surface area contributed by atoms with Gasteiger partial charge in [-0.3, -0.25) is 0 Å². The molecule has 1 fully saturated rings. The molecule has 70 valence electrons. The van der Waals surface area contributed by atoms with Crippen LogP contribution in [0.1, 0.15) is 12.5 Å². The Morgan fingerprint density at radius 3 is 2.62 bits per heavy atom. The molecule has 1 aromatic rings. The Morgan fingerprint density at radius 2 is 2.08 bits per heavy atom. The van der Waals surface area contributed by atoms with E-state index in [1.165, 1.54) is 5.56 Å². The molecule has 0 bridgehead atoms. The van der Waals surface area contributed by atoms with E-state index in [9.17, 15) is 0 Å². The zero-order chi connectivity index (χ0) is 9.31. The Morgan fingerprint density at radius 1 is 1.38 bits per heavy atom. The van der Waals surface area contributed by atoms with Gasteiger partial charge in [0.15, 0.2) is 0 Å². The highest BCUT2D eigenvalue weighted by molar-refractivity contribution is 5.18. The minimum Gasteiger partial charge on any atom is -0.393 e. The molecule has 0 amide bonds. The molecule has 0 aliphatic carbocycles. The van der Waals surface area contributed by atoms with E-state index >= 15 is 0 Å². The lowest BCUT2D eigenvalue weighted by molar-refractivity contribution is 0.184. The molecule has 2 nitrogen and oxygen atoms in total. The van der Waals surface area contributed by atoms with Gasteiger partial charge in [0.2, 0.25) is 0 Å². The second kappa shape index (κ2) is 3.13. The smallest absolute Gasteiger partial charge is 0.115 e. The highest BCUT2D eigenvalue weighted by Gasteiger charge is 2.51. The third kappa shape index (κ3) is 1.74. The van der Waals surface area contributed by atoms with Crippen molar-refractivity contribution < 1.29 is 9.84 Å². The lowest BCUT2D eigenvalue weighted by Crippen LogP contribution is -2.16. The largest absolute Gasteiger partial charge is 0.393 e. The van der Waals surface area contributed by atoms with E-state index in [0.29, 0.717) is 0 Å². The second-order valence-electron chi connectivity index (χ2n) is 3.77. The lowest BCUT2D eigenvalue weighted by atomic mass is 10.0. The first kappa shape index (κ1) is 8.73. The number of hydrogen-bond acceptors (Lipinski definition) is 2. The molecule has 2 rings (SSSR count). The maximum atomic E-state index is 8.99. The van der Waals surface area contributed by atoms with Crippen LogP contribution in [0.5, 0.6) is 0 Å². The maximum Gasteiger partial charge on any atom is 0.115 e. The van der Waals surface area contributed by atoms with Crippen LogP contribution in [0.3, 0.4) is 0 Å². The summed E-state index contributed by atoms with van der Waals surface area (Å²) in [5.74, 6) is 0. The van der Waals surface area contributed by atoms with Gasteiger partial charge < -0.3 is 9.84 Å². The summed E-state index contributed by atoms with van der Waals surface area (Å²) in [6.07, 6.45) is 1.10. The van der Waals surface area contributed by atoms with E-state index in [1.807, 2.05) is 25.1 Å². The van der Waals surface area contributed by atoms with Crippen LogP contribution in [0, 0.1) is 0 Å². The fourth-order valence-electron chi connectivity index (χ4n) is 1.52. The monoisotopic (exact) mass is 178 g/mol. The van der Waals surface area contributed by atoms with Crippen LogP contribution in [0.2, 0.25) is 0 Å². The van der Waals surface area contributed by atoms with Gasteiger partial charge in [0, 0.05) is 6.42 Å². The van der Waals surface area contributed by atoms with Gasteiger partial charge in [0.05, 0.1) is 12.7 Å². The van der Waals surface area contributed by atoms with Gasteiger partial charge in [0.25, 0.3) is 0 Å². The van der Waals surface area contributed by atoms with Gasteiger partial charge >= 0.3 is 0 Å². The molecule has 1 aliphatic rings. The van der Waals surface area contributed by atoms with Crippen molar-refractivity contribution in [2.75, 3.05) is 6.61 Å². The summed E-state index contributed by atoms with van der Waals surface area (Å²) in [5.41, 5.74) is 0.986. The SMILES string of the molecule is C[C@]1(CO)O[C@H]1Cc1ccccc1. The molecule has 1 aliphatic heterocycles. The summed E-state index contributed by atoms with van der Waals surface area (Å²) in [7, 11) is 0. The first-order chi connectivity index (χ1) is 6.24. The maximum absolute atomic E-state index is 8.99. The minimum atomic E-state index is -0.282. The number of rotatable bonds is 3.